The van der Waals surface area contributed by atoms with Crippen molar-refractivity contribution in [2.24, 2.45) is 0 Å². The first kappa shape index (κ1) is 17.8. The molecule has 1 aromatic carbocycles. The Morgan fingerprint density at radius 2 is 2.12 bits per heavy atom. The highest BCUT2D eigenvalue weighted by Gasteiger charge is 2.31. The Morgan fingerprint density at radius 1 is 1.36 bits per heavy atom. The molecular weight excluding hydrogens is 336 g/mol. The second-order valence-electron chi connectivity index (χ2n) is 7.28. The normalized spacial score (nSPS) is 20.6. The number of para-hydroxylation sites is 1. The van der Waals surface area contributed by atoms with Crippen LogP contribution in [0.25, 0.3) is 0 Å². The van der Waals surface area contributed by atoms with E-state index in [9.17, 15) is 9.90 Å². The van der Waals surface area contributed by atoms with Crippen LogP contribution in [0.3, 0.4) is 0 Å². The van der Waals surface area contributed by atoms with Crippen LogP contribution < -0.4 is 16.2 Å². The summed E-state index contributed by atoms with van der Waals surface area (Å²) in [6.45, 7) is 6.80. The van der Waals surface area contributed by atoms with Gasteiger partial charge in [-0.1, -0.05) is 39.0 Å². The van der Waals surface area contributed by atoms with E-state index in [-0.39, 0.29) is 29.2 Å². The van der Waals surface area contributed by atoms with Gasteiger partial charge in [0.15, 0.2) is 0 Å². The van der Waals surface area contributed by atoms with Gasteiger partial charge < -0.3 is 10.4 Å². The van der Waals surface area contributed by atoms with Crippen LogP contribution in [0.1, 0.15) is 49.5 Å². The maximum Gasteiger partial charge on any atom is 0.238 e. The summed E-state index contributed by atoms with van der Waals surface area (Å²) in [5.41, 5.74) is 7.94. The number of benzene rings is 1. The van der Waals surface area contributed by atoms with E-state index in [1.54, 1.807) is 23.5 Å². The number of aromatic nitrogens is 1. The Morgan fingerprint density at radius 3 is 2.80 bits per heavy atom. The highest BCUT2D eigenvalue weighted by molar-refractivity contribution is 7.09. The quantitative estimate of drug-likeness (QED) is 0.673. The van der Waals surface area contributed by atoms with Crippen LogP contribution in [0, 0.1) is 0 Å². The van der Waals surface area contributed by atoms with Crippen LogP contribution in [0.5, 0.6) is 5.75 Å². The Hall–Kier alpha value is -1.96. The lowest BCUT2D eigenvalue weighted by molar-refractivity contribution is -0.123. The van der Waals surface area contributed by atoms with Crippen LogP contribution in [-0.2, 0) is 16.8 Å². The molecule has 4 N–H and O–H groups in total. The zero-order valence-corrected chi connectivity index (χ0v) is 15.5. The summed E-state index contributed by atoms with van der Waals surface area (Å²) in [4.78, 5) is 17.0. The molecule has 0 radical (unpaired) electrons. The smallest absolute Gasteiger partial charge is 0.238 e. The number of carbonyl (C=O) groups excluding carboxylic acids is 1. The third kappa shape index (κ3) is 4.18. The topological polar surface area (TPSA) is 86.3 Å². The molecule has 1 aliphatic rings. The van der Waals surface area contributed by atoms with Gasteiger partial charge >= 0.3 is 0 Å². The summed E-state index contributed by atoms with van der Waals surface area (Å²) >= 11 is 1.57. The molecule has 2 aromatic rings. The number of hydrogen-bond donors (Lipinski definition) is 4. The van der Waals surface area contributed by atoms with E-state index < -0.39 is 0 Å². The molecule has 1 saturated heterocycles. The maximum absolute atomic E-state index is 12.4. The van der Waals surface area contributed by atoms with Gasteiger partial charge in [-0.3, -0.25) is 4.79 Å². The molecule has 2 unspecified atom stereocenters. The van der Waals surface area contributed by atoms with Crippen molar-refractivity contribution < 1.29 is 9.90 Å². The average Bonchev–Trinajstić information content (AvgIpc) is 3.22. The van der Waals surface area contributed by atoms with Crippen molar-refractivity contribution in [3.63, 3.8) is 0 Å². The number of hydrazine groups is 1. The summed E-state index contributed by atoms with van der Waals surface area (Å²) in [7, 11) is 0. The predicted molar refractivity (Wildman–Crippen MR) is 98.2 cm³/mol. The Labute approximate surface area is 151 Å². The first-order valence-corrected chi connectivity index (χ1v) is 9.24. The van der Waals surface area contributed by atoms with Crippen LogP contribution in [-0.4, -0.2) is 22.0 Å². The molecule has 1 aliphatic heterocycles. The molecule has 0 spiro atoms. The number of hydrogen-bond acceptors (Lipinski definition) is 6. The zero-order valence-electron chi connectivity index (χ0n) is 14.7. The number of nitrogens with zero attached hydrogens (tertiary/aromatic N) is 1. The van der Waals surface area contributed by atoms with Gasteiger partial charge in [-0.2, -0.15) is 0 Å². The molecule has 7 heteroatoms. The van der Waals surface area contributed by atoms with Gasteiger partial charge in [0.2, 0.25) is 5.91 Å². The van der Waals surface area contributed by atoms with Crippen LogP contribution in [0.15, 0.2) is 29.6 Å². The van der Waals surface area contributed by atoms with E-state index in [0.717, 1.165) is 16.3 Å². The fraction of sp³-hybridized carbons (Fsp3) is 0.444. The summed E-state index contributed by atoms with van der Waals surface area (Å²) in [5, 5.41) is 15.8. The van der Waals surface area contributed by atoms with E-state index in [1.165, 1.54) is 0 Å². The van der Waals surface area contributed by atoms with Crippen molar-refractivity contribution in [1.29, 1.82) is 0 Å². The number of thiazole rings is 1. The van der Waals surface area contributed by atoms with Crippen molar-refractivity contribution in [3.8, 4) is 5.75 Å². The molecule has 1 aromatic heterocycles. The third-order valence-electron chi connectivity index (χ3n) is 4.27. The second kappa shape index (κ2) is 7.11. The molecule has 1 amide bonds. The minimum absolute atomic E-state index is 0.0145. The van der Waals surface area contributed by atoms with Gasteiger partial charge in [-0.05, 0) is 12.5 Å². The molecule has 2 atom stereocenters. The van der Waals surface area contributed by atoms with Gasteiger partial charge in [0.1, 0.15) is 16.8 Å². The van der Waals surface area contributed by atoms with Crippen LogP contribution >= 0.6 is 11.3 Å². The van der Waals surface area contributed by atoms with Gasteiger partial charge in [0.25, 0.3) is 0 Å². The van der Waals surface area contributed by atoms with Gasteiger partial charge in [-0.15, -0.1) is 11.3 Å². The van der Waals surface area contributed by atoms with E-state index in [2.05, 4.69) is 41.9 Å². The standard InChI is InChI=1S/C18H24N4O2S/c1-18(2,3)15-10-25-16(20-15)9-19-17(24)13-8-12(21-22-13)11-6-4-5-7-14(11)23/h4-7,10,12-13,21-23H,8-9H2,1-3H3,(H,19,24). The molecule has 25 heavy (non-hydrogen) atoms. The van der Waals surface area contributed by atoms with E-state index >= 15 is 0 Å². The highest BCUT2D eigenvalue weighted by atomic mass is 32.1. The van der Waals surface area contributed by atoms with Crippen molar-refractivity contribution in [3.05, 3.63) is 45.9 Å². The molecule has 0 bridgehead atoms. The lowest BCUT2D eigenvalue weighted by Crippen LogP contribution is -2.42. The van der Waals surface area contributed by atoms with Gasteiger partial charge in [-0.25, -0.2) is 15.8 Å². The molecule has 0 saturated carbocycles. The largest absolute Gasteiger partial charge is 0.508 e. The number of aromatic hydroxyl groups is 1. The molecule has 1 fully saturated rings. The van der Waals surface area contributed by atoms with Crippen molar-refractivity contribution in [1.82, 2.24) is 21.2 Å². The lowest BCUT2D eigenvalue weighted by Gasteiger charge is -2.14. The number of amides is 1. The average molecular weight is 360 g/mol. The Balaban J connectivity index is 1.54. The zero-order chi connectivity index (χ0) is 18.0. The maximum atomic E-state index is 12.4. The van der Waals surface area contributed by atoms with Gasteiger partial charge in [0, 0.05) is 16.4 Å². The minimum Gasteiger partial charge on any atom is -0.508 e. The number of nitrogens with one attached hydrogen (secondary N) is 3. The Kier molecular flexibility index (Phi) is 5.08. The van der Waals surface area contributed by atoms with Crippen LogP contribution in [0.4, 0.5) is 0 Å². The summed E-state index contributed by atoms with van der Waals surface area (Å²) < 4.78 is 0. The first-order valence-electron chi connectivity index (χ1n) is 8.36. The molecule has 134 valence electrons. The third-order valence-corrected chi connectivity index (χ3v) is 5.11. The monoisotopic (exact) mass is 360 g/mol. The summed E-state index contributed by atoms with van der Waals surface area (Å²) in [6, 6.07) is 6.74. The number of phenols is 1. The van der Waals surface area contributed by atoms with Crippen molar-refractivity contribution in [2.45, 2.75) is 51.2 Å². The van der Waals surface area contributed by atoms with Crippen LogP contribution in [0.2, 0.25) is 0 Å². The Bertz CT molecular complexity index is 754. The van der Waals surface area contributed by atoms with Crippen molar-refractivity contribution >= 4 is 17.2 Å². The first-order chi connectivity index (χ1) is 11.8. The van der Waals surface area contributed by atoms with Crippen molar-refractivity contribution in [2.75, 3.05) is 0 Å². The fourth-order valence-corrected chi connectivity index (χ4v) is 3.70. The molecule has 2 heterocycles. The fourth-order valence-electron chi connectivity index (χ4n) is 2.74. The summed E-state index contributed by atoms with van der Waals surface area (Å²) in [5.74, 6) is 0.165. The molecule has 3 rings (SSSR count). The van der Waals surface area contributed by atoms with Gasteiger partial charge in [0.05, 0.1) is 18.3 Å². The minimum atomic E-state index is -0.341. The summed E-state index contributed by atoms with van der Waals surface area (Å²) in [6.07, 6.45) is 0.578. The van der Waals surface area contributed by atoms with E-state index in [0.29, 0.717) is 13.0 Å². The highest BCUT2D eigenvalue weighted by Crippen LogP contribution is 2.29. The number of rotatable bonds is 4. The second-order valence-corrected chi connectivity index (χ2v) is 8.23. The lowest BCUT2D eigenvalue weighted by atomic mass is 9.93. The predicted octanol–water partition coefficient (Wildman–Crippen LogP) is 2.37. The SMILES string of the molecule is CC(C)(C)c1csc(CNC(=O)C2CC(c3ccccc3O)NN2)n1. The molecule has 0 aliphatic carbocycles. The number of carbonyl (C=O) groups is 1. The van der Waals surface area contributed by atoms with E-state index in [4.69, 9.17) is 0 Å². The molecular formula is C18H24N4O2S. The molecule has 6 nitrogen and oxygen atoms in total. The number of phenolic OH excluding ortho intramolecular Hbond substituents is 1. The van der Waals surface area contributed by atoms with E-state index in [1.807, 2.05) is 17.5 Å².